The molecule has 0 radical (unpaired) electrons. The number of rotatable bonds is 1. The Balaban J connectivity index is 2.39. The van der Waals surface area contributed by atoms with E-state index in [9.17, 15) is 0 Å². The molecular formula is C13H13ClN4. The summed E-state index contributed by atoms with van der Waals surface area (Å²) >= 11 is 6.30. The minimum atomic E-state index is 0.641. The highest BCUT2D eigenvalue weighted by Gasteiger charge is 2.14. The van der Waals surface area contributed by atoms with E-state index in [0.29, 0.717) is 5.82 Å². The topological polar surface area (TPSA) is 48.8 Å². The van der Waals surface area contributed by atoms with Gasteiger partial charge in [0.2, 0.25) is 0 Å². The van der Waals surface area contributed by atoms with Crippen LogP contribution in [0, 0.1) is 0 Å². The molecule has 92 valence electrons. The van der Waals surface area contributed by atoms with Crippen LogP contribution in [0.15, 0.2) is 30.6 Å². The Hall–Kier alpha value is -1.94. The Morgan fingerprint density at radius 2 is 2.00 bits per heavy atom. The monoisotopic (exact) mass is 260 g/mol. The van der Waals surface area contributed by atoms with Crippen molar-refractivity contribution in [2.24, 2.45) is 14.1 Å². The van der Waals surface area contributed by atoms with Gasteiger partial charge < -0.3 is 10.3 Å². The predicted molar refractivity (Wildman–Crippen MR) is 74.5 cm³/mol. The van der Waals surface area contributed by atoms with Gasteiger partial charge in [-0.3, -0.25) is 4.68 Å². The molecule has 18 heavy (non-hydrogen) atoms. The fourth-order valence-electron chi connectivity index (χ4n) is 2.27. The van der Waals surface area contributed by atoms with Crippen molar-refractivity contribution in [3.63, 3.8) is 0 Å². The lowest BCUT2D eigenvalue weighted by atomic mass is 10.0. The number of aromatic nitrogens is 3. The zero-order valence-corrected chi connectivity index (χ0v) is 10.9. The van der Waals surface area contributed by atoms with Crippen molar-refractivity contribution in [1.29, 1.82) is 0 Å². The van der Waals surface area contributed by atoms with Crippen LogP contribution in [-0.4, -0.2) is 14.3 Å². The van der Waals surface area contributed by atoms with Crippen LogP contribution in [0.5, 0.6) is 0 Å². The molecule has 5 heteroatoms. The third kappa shape index (κ3) is 1.42. The van der Waals surface area contributed by atoms with Gasteiger partial charge in [0, 0.05) is 36.8 Å². The standard InChI is InChI=1S/C13H13ClN4/c1-17-7-10(14)12-8(4-3-5-11(12)17)9-6-16-18(2)13(9)15/h3-7H,15H2,1-2H3. The van der Waals surface area contributed by atoms with Crippen LogP contribution < -0.4 is 5.73 Å². The first-order chi connectivity index (χ1) is 8.59. The van der Waals surface area contributed by atoms with Crippen LogP contribution >= 0.6 is 11.6 Å². The summed E-state index contributed by atoms with van der Waals surface area (Å²) in [4.78, 5) is 0. The van der Waals surface area contributed by atoms with E-state index >= 15 is 0 Å². The van der Waals surface area contributed by atoms with E-state index in [1.54, 1.807) is 10.9 Å². The second-order valence-corrected chi connectivity index (χ2v) is 4.76. The van der Waals surface area contributed by atoms with Crippen LogP contribution in [0.1, 0.15) is 0 Å². The van der Waals surface area contributed by atoms with Crippen molar-refractivity contribution in [1.82, 2.24) is 14.3 Å². The maximum Gasteiger partial charge on any atom is 0.129 e. The maximum atomic E-state index is 6.30. The molecular weight excluding hydrogens is 248 g/mol. The van der Waals surface area contributed by atoms with E-state index in [1.807, 2.05) is 43.1 Å². The summed E-state index contributed by atoms with van der Waals surface area (Å²) in [6, 6.07) is 6.05. The number of halogens is 1. The van der Waals surface area contributed by atoms with E-state index in [0.717, 1.165) is 27.1 Å². The van der Waals surface area contributed by atoms with Gasteiger partial charge in [0.25, 0.3) is 0 Å². The average Bonchev–Trinajstić information content (AvgIpc) is 2.83. The Morgan fingerprint density at radius 3 is 2.67 bits per heavy atom. The summed E-state index contributed by atoms with van der Waals surface area (Å²) in [5.41, 5.74) is 9.05. The van der Waals surface area contributed by atoms with Crippen LogP contribution in [0.2, 0.25) is 5.02 Å². The molecule has 0 fully saturated rings. The highest BCUT2D eigenvalue weighted by molar-refractivity contribution is 6.36. The molecule has 3 aromatic rings. The normalized spacial score (nSPS) is 11.3. The summed E-state index contributed by atoms with van der Waals surface area (Å²) in [5.74, 6) is 0.641. The first kappa shape index (κ1) is 11.2. The van der Waals surface area contributed by atoms with Gasteiger partial charge in [0.15, 0.2) is 0 Å². The minimum absolute atomic E-state index is 0.641. The first-order valence-electron chi connectivity index (χ1n) is 5.61. The maximum absolute atomic E-state index is 6.30. The number of hydrogen-bond acceptors (Lipinski definition) is 2. The van der Waals surface area contributed by atoms with Crippen molar-refractivity contribution < 1.29 is 0 Å². The number of nitrogen functional groups attached to an aromatic ring is 1. The predicted octanol–water partition coefficient (Wildman–Crippen LogP) is 2.81. The highest BCUT2D eigenvalue weighted by atomic mass is 35.5. The van der Waals surface area contributed by atoms with Crippen LogP contribution in [-0.2, 0) is 14.1 Å². The molecule has 0 bridgehead atoms. The number of nitrogens with two attached hydrogens (primary N) is 1. The number of fused-ring (bicyclic) bond motifs is 1. The lowest BCUT2D eigenvalue weighted by Gasteiger charge is -2.04. The van der Waals surface area contributed by atoms with E-state index < -0.39 is 0 Å². The largest absolute Gasteiger partial charge is 0.383 e. The molecule has 0 aliphatic heterocycles. The molecule has 0 atom stereocenters. The molecule has 0 amide bonds. The number of anilines is 1. The molecule has 2 heterocycles. The van der Waals surface area contributed by atoms with Crippen molar-refractivity contribution >= 4 is 28.3 Å². The second kappa shape index (κ2) is 3.78. The Labute approximate surface area is 110 Å². The van der Waals surface area contributed by atoms with Crippen molar-refractivity contribution in [3.05, 3.63) is 35.6 Å². The van der Waals surface area contributed by atoms with Gasteiger partial charge in [-0.25, -0.2) is 0 Å². The van der Waals surface area contributed by atoms with Gasteiger partial charge in [0.05, 0.1) is 11.2 Å². The summed E-state index contributed by atoms with van der Waals surface area (Å²) in [5, 5.41) is 5.92. The smallest absolute Gasteiger partial charge is 0.129 e. The molecule has 0 saturated carbocycles. The fourth-order valence-corrected chi connectivity index (χ4v) is 2.61. The number of hydrogen-bond donors (Lipinski definition) is 1. The number of benzene rings is 1. The molecule has 0 saturated heterocycles. The zero-order chi connectivity index (χ0) is 12.9. The van der Waals surface area contributed by atoms with Gasteiger partial charge in [-0.05, 0) is 11.6 Å². The van der Waals surface area contributed by atoms with Gasteiger partial charge >= 0.3 is 0 Å². The summed E-state index contributed by atoms with van der Waals surface area (Å²) < 4.78 is 3.67. The fraction of sp³-hybridized carbons (Fsp3) is 0.154. The highest BCUT2D eigenvalue weighted by Crippen LogP contribution is 2.36. The molecule has 0 unspecified atom stereocenters. The molecule has 3 rings (SSSR count). The van der Waals surface area contributed by atoms with Crippen LogP contribution in [0.3, 0.4) is 0 Å². The Kier molecular flexibility index (Phi) is 2.35. The van der Waals surface area contributed by atoms with Crippen molar-refractivity contribution in [2.45, 2.75) is 0 Å². The summed E-state index contributed by atoms with van der Waals surface area (Å²) in [6.45, 7) is 0. The lowest BCUT2D eigenvalue weighted by molar-refractivity contribution is 0.779. The SMILES string of the molecule is Cn1ncc(-c2cccc3c2c(Cl)cn3C)c1N. The number of aryl methyl sites for hydroxylation is 2. The van der Waals surface area contributed by atoms with E-state index in [1.165, 1.54) is 0 Å². The van der Waals surface area contributed by atoms with Gasteiger partial charge in [-0.1, -0.05) is 23.7 Å². The molecule has 2 aromatic heterocycles. The van der Waals surface area contributed by atoms with Crippen LogP contribution in [0.4, 0.5) is 5.82 Å². The third-order valence-corrected chi connectivity index (χ3v) is 3.53. The zero-order valence-electron chi connectivity index (χ0n) is 10.2. The van der Waals surface area contributed by atoms with Gasteiger partial charge in [-0.2, -0.15) is 5.10 Å². The van der Waals surface area contributed by atoms with E-state index in [2.05, 4.69) is 5.10 Å². The lowest BCUT2D eigenvalue weighted by Crippen LogP contribution is -1.98. The van der Waals surface area contributed by atoms with Gasteiger partial charge in [-0.15, -0.1) is 0 Å². The average molecular weight is 261 g/mol. The quantitative estimate of drug-likeness (QED) is 0.731. The van der Waals surface area contributed by atoms with Crippen molar-refractivity contribution in [3.8, 4) is 11.1 Å². The number of nitrogens with zero attached hydrogens (tertiary/aromatic N) is 3. The van der Waals surface area contributed by atoms with Crippen molar-refractivity contribution in [2.75, 3.05) is 5.73 Å². The molecule has 0 aliphatic carbocycles. The molecule has 4 nitrogen and oxygen atoms in total. The molecule has 2 N–H and O–H groups in total. The Bertz CT molecular complexity index is 739. The molecule has 1 aromatic carbocycles. The molecule has 0 aliphatic rings. The van der Waals surface area contributed by atoms with Gasteiger partial charge in [0.1, 0.15) is 5.82 Å². The second-order valence-electron chi connectivity index (χ2n) is 4.35. The van der Waals surface area contributed by atoms with Crippen LogP contribution in [0.25, 0.3) is 22.0 Å². The Morgan fingerprint density at radius 1 is 1.22 bits per heavy atom. The van der Waals surface area contributed by atoms with E-state index in [-0.39, 0.29) is 0 Å². The third-order valence-electron chi connectivity index (χ3n) is 3.24. The molecule has 0 spiro atoms. The van der Waals surface area contributed by atoms with E-state index in [4.69, 9.17) is 17.3 Å². The summed E-state index contributed by atoms with van der Waals surface area (Å²) in [7, 11) is 3.80. The summed E-state index contributed by atoms with van der Waals surface area (Å²) in [6.07, 6.45) is 3.68. The minimum Gasteiger partial charge on any atom is -0.383 e. The first-order valence-corrected chi connectivity index (χ1v) is 5.99.